The van der Waals surface area contributed by atoms with Gasteiger partial charge in [0, 0.05) is 13.2 Å². The van der Waals surface area contributed by atoms with E-state index in [2.05, 4.69) is 25.8 Å². The van der Waals surface area contributed by atoms with Gasteiger partial charge in [0.1, 0.15) is 5.82 Å². The van der Waals surface area contributed by atoms with Crippen LogP contribution in [0.4, 0.5) is 5.82 Å². The van der Waals surface area contributed by atoms with E-state index in [0.717, 1.165) is 12.4 Å². The molecule has 7 heteroatoms. The van der Waals surface area contributed by atoms with E-state index in [0.29, 0.717) is 18.8 Å². The largest absolute Gasteiger partial charge is 0.380 e. The zero-order chi connectivity index (χ0) is 10.5. The van der Waals surface area contributed by atoms with Crippen LogP contribution < -0.4 is 5.32 Å². The molecule has 0 bridgehead atoms. The Morgan fingerprint density at radius 2 is 2.40 bits per heavy atom. The molecule has 0 fully saturated rings. The molecule has 0 atom stereocenters. The van der Waals surface area contributed by atoms with Gasteiger partial charge in [0.15, 0.2) is 5.65 Å². The molecule has 2 aromatic rings. The Hall–Kier alpha value is -1.76. The van der Waals surface area contributed by atoms with Gasteiger partial charge in [-0.25, -0.2) is 0 Å². The van der Waals surface area contributed by atoms with Crippen molar-refractivity contribution < 1.29 is 4.74 Å². The van der Waals surface area contributed by atoms with Crippen molar-refractivity contribution in [2.75, 3.05) is 25.1 Å². The van der Waals surface area contributed by atoms with Crippen molar-refractivity contribution in [1.82, 2.24) is 25.0 Å². The number of anilines is 1. The molecule has 7 nitrogen and oxygen atoms in total. The van der Waals surface area contributed by atoms with Crippen LogP contribution in [-0.2, 0) is 4.74 Å². The van der Waals surface area contributed by atoms with Gasteiger partial charge in [-0.1, -0.05) is 0 Å². The maximum atomic E-state index is 5.20. The normalized spacial score (nSPS) is 10.7. The zero-order valence-electron chi connectivity index (χ0n) is 8.42. The predicted octanol–water partition coefficient (Wildman–Crippen LogP) is -0.0323. The molecule has 2 aromatic heterocycles. The molecule has 2 heterocycles. The summed E-state index contributed by atoms with van der Waals surface area (Å²) in [5, 5.41) is 14.3. The second-order valence-electron chi connectivity index (χ2n) is 2.87. The summed E-state index contributed by atoms with van der Waals surface area (Å²) >= 11 is 0. The lowest BCUT2D eigenvalue weighted by molar-refractivity contribution is 0.158. The molecule has 15 heavy (non-hydrogen) atoms. The first-order valence-electron chi connectivity index (χ1n) is 4.75. The fourth-order valence-corrected chi connectivity index (χ4v) is 1.19. The van der Waals surface area contributed by atoms with Crippen LogP contribution in [0.25, 0.3) is 5.65 Å². The summed E-state index contributed by atoms with van der Waals surface area (Å²) in [6.45, 7) is 4.03. The molecular weight excluding hydrogens is 196 g/mol. The van der Waals surface area contributed by atoms with E-state index >= 15 is 0 Å². The number of nitrogens with zero attached hydrogens (tertiary/aromatic N) is 5. The first-order chi connectivity index (χ1) is 7.42. The van der Waals surface area contributed by atoms with Crippen molar-refractivity contribution in [3.63, 3.8) is 0 Å². The highest BCUT2D eigenvalue weighted by Gasteiger charge is 2.02. The van der Waals surface area contributed by atoms with E-state index in [1.54, 1.807) is 16.9 Å². The van der Waals surface area contributed by atoms with Crippen LogP contribution in [0.1, 0.15) is 6.92 Å². The van der Waals surface area contributed by atoms with Crippen LogP contribution in [0.3, 0.4) is 0 Å². The fourth-order valence-electron chi connectivity index (χ4n) is 1.19. The molecule has 0 amide bonds. The maximum Gasteiger partial charge on any atom is 0.199 e. The highest BCUT2D eigenvalue weighted by atomic mass is 16.5. The summed E-state index contributed by atoms with van der Waals surface area (Å²) in [5.74, 6) is 0.761. The Kier molecular flexibility index (Phi) is 3.03. The third-order valence-corrected chi connectivity index (χ3v) is 1.87. The van der Waals surface area contributed by atoms with E-state index < -0.39 is 0 Å². The van der Waals surface area contributed by atoms with E-state index in [1.165, 1.54) is 0 Å². The first kappa shape index (κ1) is 9.78. The number of ether oxygens (including phenoxy) is 1. The average Bonchev–Trinajstić information content (AvgIpc) is 2.73. The maximum absolute atomic E-state index is 5.20. The summed E-state index contributed by atoms with van der Waals surface area (Å²) in [4.78, 5) is 4.02. The van der Waals surface area contributed by atoms with Gasteiger partial charge in [0.25, 0.3) is 0 Å². The molecule has 2 rings (SSSR count). The average molecular weight is 208 g/mol. The molecule has 0 saturated heterocycles. The first-order valence-corrected chi connectivity index (χ1v) is 4.75. The Morgan fingerprint density at radius 3 is 3.27 bits per heavy atom. The number of nitrogens with one attached hydrogen (secondary N) is 1. The molecule has 1 N–H and O–H groups in total. The molecule has 0 aromatic carbocycles. The number of rotatable bonds is 5. The summed E-state index contributed by atoms with van der Waals surface area (Å²) in [5.41, 5.74) is 0.622. The van der Waals surface area contributed by atoms with Crippen LogP contribution in [0.2, 0.25) is 0 Å². The van der Waals surface area contributed by atoms with Gasteiger partial charge in [0.05, 0.1) is 19.0 Å². The van der Waals surface area contributed by atoms with Gasteiger partial charge in [-0.3, -0.25) is 4.98 Å². The number of fused-ring (bicyclic) bond motifs is 1. The molecule has 0 saturated carbocycles. The van der Waals surface area contributed by atoms with E-state index in [-0.39, 0.29) is 0 Å². The highest BCUT2D eigenvalue weighted by Crippen LogP contribution is 2.04. The van der Waals surface area contributed by atoms with Crippen molar-refractivity contribution in [1.29, 1.82) is 0 Å². The Bertz CT molecular complexity index is 428. The lowest BCUT2D eigenvalue weighted by Gasteiger charge is -2.06. The molecule has 0 aliphatic heterocycles. The van der Waals surface area contributed by atoms with Crippen LogP contribution in [0.15, 0.2) is 12.4 Å². The molecule has 0 spiro atoms. The molecule has 80 valence electrons. The van der Waals surface area contributed by atoms with Crippen LogP contribution in [-0.4, -0.2) is 44.8 Å². The van der Waals surface area contributed by atoms with Gasteiger partial charge in [-0.15, -0.1) is 5.10 Å². The second kappa shape index (κ2) is 4.65. The molecule has 0 aliphatic carbocycles. The van der Waals surface area contributed by atoms with Crippen molar-refractivity contribution in [3.8, 4) is 0 Å². The lowest BCUT2D eigenvalue weighted by atomic mass is 10.6. The van der Waals surface area contributed by atoms with Gasteiger partial charge in [-0.2, -0.15) is 4.52 Å². The van der Waals surface area contributed by atoms with Crippen molar-refractivity contribution in [3.05, 3.63) is 12.4 Å². The van der Waals surface area contributed by atoms with Gasteiger partial charge in [0.2, 0.25) is 0 Å². The summed E-state index contributed by atoms with van der Waals surface area (Å²) in [6, 6.07) is 0. The SMILES string of the molecule is CCOCCNc1cncc2nnnn12. The third-order valence-electron chi connectivity index (χ3n) is 1.87. The predicted molar refractivity (Wildman–Crippen MR) is 53.6 cm³/mol. The number of aromatic nitrogens is 5. The highest BCUT2D eigenvalue weighted by molar-refractivity contribution is 5.43. The zero-order valence-corrected chi connectivity index (χ0v) is 8.42. The number of tetrazole rings is 1. The van der Waals surface area contributed by atoms with Gasteiger partial charge < -0.3 is 10.1 Å². The van der Waals surface area contributed by atoms with E-state index in [1.807, 2.05) is 6.92 Å². The molecule has 0 radical (unpaired) electrons. The molecule has 0 unspecified atom stereocenters. The Balaban J connectivity index is 2.04. The van der Waals surface area contributed by atoms with Crippen LogP contribution >= 0.6 is 0 Å². The van der Waals surface area contributed by atoms with Crippen LogP contribution in [0.5, 0.6) is 0 Å². The van der Waals surface area contributed by atoms with Crippen molar-refractivity contribution in [2.45, 2.75) is 6.92 Å². The minimum atomic E-state index is 0.622. The Labute approximate surface area is 86.5 Å². The Morgan fingerprint density at radius 1 is 1.47 bits per heavy atom. The van der Waals surface area contributed by atoms with E-state index in [4.69, 9.17) is 4.74 Å². The molecule has 0 aliphatic rings. The standard InChI is InChI=1S/C8H12N6O/c1-2-15-4-3-10-7-5-9-6-8-11-12-13-14(7)8/h5-6,10H,2-4H2,1H3. The number of hydrogen-bond donors (Lipinski definition) is 1. The quantitative estimate of drug-likeness (QED) is 0.695. The minimum Gasteiger partial charge on any atom is -0.380 e. The fraction of sp³-hybridized carbons (Fsp3) is 0.500. The minimum absolute atomic E-state index is 0.622. The van der Waals surface area contributed by atoms with Crippen molar-refractivity contribution in [2.24, 2.45) is 0 Å². The smallest absolute Gasteiger partial charge is 0.199 e. The summed E-state index contributed by atoms with van der Waals surface area (Å²) in [6.07, 6.45) is 3.28. The van der Waals surface area contributed by atoms with E-state index in [9.17, 15) is 0 Å². The molecular formula is C8H12N6O. The lowest BCUT2D eigenvalue weighted by Crippen LogP contribution is -2.12. The number of hydrogen-bond acceptors (Lipinski definition) is 6. The van der Waals surface area contributed by atoms with Gasteiger partial charge >= 0.3 is 0 Å². The van der Waals surface area contributed by atoms with Gasteiger partial charge in [-0.05, 0) is 17.4 Å². The monoisotopic (exact) mass is 208 g/mol. The van der Waals surface area contributed by atoms with Crippen molar-refractivity contribution >= 4 is 11.5 Å². The van der Waals surface area contributed by atoms with Crippen LogP contribution in [0, 0.1) is 0 Å². The third kappa shape index (κ3) is 2.18. The summed E-state index contributed by atoms with van der Waals surface area (Å²) < 4.78 is 6.80. The second-order valence-corrected chi connectivity index (χ2v) is 2.87. The topological polar surface area (TPSA) is 77.2 Å². The summed E-state index contributed by atoms with van der Waals surface area (Å²) in [7, 11) is 0.